The number of H-pyrrole nitrogens is 2. The first-order chi connectivity index (χ1) is 33.0. The number of nitrogens with zero attached hydrogens (tertiary/aromatic N) is 4. The number of carbonyl (C=O) groups is 4. The van der Waals surface area contributed by atoms with E-state index in [1.807, 2.05) is 50.2 Å². The number of rotatable bonds is 11. The molecule has 2 saturated heterocycles. The van der Waals surface area contributed by atoms with E-state index in [-0.39, 0.29) is 24.5 Å². The van der Waals surface area contributed by atoms with Crippen molar-refractivity contribution in [2.45, 2.75) is 84.2 Å². The largest absolute Gasteiger partial charge is 0.453 e. The maximum atomic E-state index is 12.8. The van der Waals surface area contributed by atoms with Crippen LogP contribution in [0.15, 0.2) is 78.9 Å². The van der Waals surface area contributed by atoms with Crippen molar-refractivity contribution in [1.82, 2.24) is 40.4 Å². The minimum atomic E-state index is -0.737. The number of aromatic nitrogens is 4. The number of terminal acetylenes is 1. The molecule has 358 valence electrons. The van der Waals surface area contributed by atoms with Crippen molar-refractivity contribution in [3.63, 3.8) is 0 Å². The minimum absolute atomic E-state index is 0.0198. The molecule has 6 aromatic rings. The molecule has 4 N–H and O–H groups in total. The third-order valence-electron chi connectivity index (χ3n) is 11.8. The second-order valence-corrected chi connectivity index (χ2v) is 16.6. The molecular formula is C52H62N8O8. The first kappa shape index (κ1) is 50.2. The summed E-state index contributed by atoms with van der Waals surface area (Å²) in [7, 11) is 2.62. The summed E-state index contributed by atoms with van der Waals surface area (Å²) in [4.78, 5) is 67.4. The summed E-state index contributed by atoms with van der Waals surface area (Å²) in [6.45, 7) is 10.3. The van der Waals surface area contributed by atoms with E-state index in [1.54, 1.807) is 9.80 Å². The molecule has 0 bridgehead atoms. The average Bonchev–Trinajstić information content (AvgIpc) is 4.20. The molecule has 16 nitrogen and oxygen atoms in total. The molecule has 68 heavy (non-hydrogen) atoms. The van der Waals surface area contributed by atoms with Crippen LogP contribution in [0.2, 0.25) is 0 Å². The predicted molar refractivity (Wildman–Crippen MR) is 261 cm³/mol. The van der Waals surface area contributed by atoms with Gasteiger partial charge in [0, 0.05) is 29.6 Å². The lowest BCUT2D eigenvalue weighted by Gasteiger charge is -2.21. The topological polar surface area (TPSA) is 193 Å². The van der Waals surface area contributed by atoms with Crippen molar-refractivity contribution in [1.29, 1.82) is 0 Å². The summed E-state index contributed by atoms with van der Waals surface area (Å²) in [5, 5.41) is 7.24. The fourth-order valence-electron chi connectivity index (χ4n) is 8.64. The number of benzene rings is 4. The lowest BCUT2D eigenvalue weighted by molar-refractivity contribution is -0.148. The van der Waals surface area contributed by atoms with Crippen molar-refractivity contribution in [2.24, 2.45) is 0 Å². The molecule has 4 amide bonds. The SMILES string of the molecule is C#C.CCC.CCCN(Cc1nc2c(ccc3cc(-c4ccc5c(c4)CCc4[nH]c(C6CC7(CN6C=O)OCCO7)nc4-5)ccc32)[nH]1)C(=O)CNC(=O)OC.COC(=O)N[C@@H](C)c1ccccc1. The highest BCUT2D eigenvalue weighted by molar-refractivity contribution is 6.05. The van der Waals surface area contributed by atoms with Crippen LogP contribution >= 0.6 is 0 Å². The molecule has 9 rings (SSSR count). The van der Waals surface area contributed by atoms with Crippen molar-refractivity contribution in [2.75, 3.05) is 47.1 Å². The van der Waals surface area contributed by atoms with Gasteiger partial charge < -0.3 is 49.3 Å². The van der Waals surface area contributed by atoms with Crippen LogP contribution in [-0.2, 0) is 47.9 Å². The van der Waals surface area contributed by atoms with Gasteiger partial charge in [0.15, 0.2) is 5.79 Å². The third kappa shape index (κ3) is 11.7. The van der Waals surface area contributed by atoms with E-state index in [2.05, 4.69) is 99.2 Å². The number of likely N-dealkylation sites (tertiary alicyclic amines) is 1. The first-order valence-electron chi connectivity index (χ1n) is 23.0. The molecule has 1 spiro atoms. The number of nitrogens with one attached hydrogen (secondary N) is 4. The van der Waals surface area contributed by atoms with E-state index in [0.717, 1.165) is 86.9 Å². The number of fused-ring (bicyclic) bond motifs is 6. The first-order valence-corrected chi connectivity index (χ1v) is 23.0. The van der Waals surface area contributed by atoms with Crippen molar-refractivity contribution < 1.29 is 38.1 Å². The highest BCUT2D eigenvalue weighted by Gasteiger charge is 2.50. The van der Waals surface area contributed by atoms with Crippen molar-refractivity contribution >= 4 is 46.3 Å². The van der Waals surface area contributed by atoms with Gasteiger partial charge in [0.25, 0.3) is 0 Å². The van der Waals surface area contributed by atoms with Crippen LogP contribution in [0.1, 0.15) is 87.5 Å². The van der Waals surface area contributed by atoms with Gasteiger partial charge in [-0.1, -0.05) is 93.9 Å². The number of carbonyl (C=O) groups excluding carboxylic acids is 4. The van der Waals surface area contributed by atoms with Gasteiger partial charge in [0.1, 0.15) is 18.2 Å². The third-order valence-corrected chi connectivity index (χ3v) is 11.8. The van der Waals surface area contributed by atoms with E-state index in [1.165, 1.54) is 26.2 Å². The standard InChI is InChI=1S/C37H39N7O6.C10H13NO2.C3H8.C2H2/c1-3-12-43(32(46)18-38-36(47)48-2)19-31-39-28-10-6-24-15-22(4-8-26(24)33(28)41-31)23-5-9-27-25(16-23)7-11-29-34(27)42-35(40-29)30-17-37(20-44(30)21-45)49-13-14-50-37;1-8(11-10(12)13-2)9-6-4-3-5-7-9;1-3-2;1-2/h4-6,8-10,15-16,21,30H,3,7,11-14,17-20H2,1-2H3,(H,38,47)(H,39,41)(H,40,42);3-8H,1-2H3,(H,11,12);3H2,1-2H3;1-2H/t;8-;;/m.0../s1. The Bertz CT molecular complexity index is 2690. The predicted octanol–water partition coefficient (Wildman–Crippen LogP) is 8.38. The number of imidazole rings is 2. The molecule has 2 atom stereocenters. The Morgan fingerprint density at radius 3 is 2.32 bits per heavy atom. The molecule has 4 heterocycles. The van der Waals surface area contributed by atoms with Crippen LogP contribution in [0.25, 0.3) is 44.2 Å². The summed E-state index contributed by atoms with van der Waals surface area (Å²) < 4.78 is 20.9. The fraction of sp³-hybridized carbons (Fsp3) is 0.385. The van der Waals surface area contributed by atoms with Crippen LogP contribution < -0.4 is 10.6 Å². The van der Waals surface area contributed by atoms with Crippen LogP contribution in [0, 0.1) is 12.8 Å². The average molecular weight is 927 g/mol. The van der Waals surface area contributed by atoms with E-state index in [0.29, 0.717) is 45.1 Å². The van der Waals surface area contributed by atoms with Gasteiger partial charge in [-0.05, 0) is 66.0 Å². The van der Waals surface area contributed by atoms with Gasteiger partial charge in [-0.3, -0.25) is 9.59 Å². The Morgan fingerprint density at radius 1 is 0.926 bits per heavy atom. The Kier molecular flexibility index (Phi) is 17.3. The van der Waals surface area contributed by atoms with Crippen LogP contribution in [0.4, 0.5) is 9.59 Å². The monoisotopic (exact) mass is 926 g/mol. The lowest BCUT2D eigenvalue weighted by atomic mass is 9.89. The quantitative estimate of drug-likeness (QED) is 0.0725. The van der Waals surface area contributed by atoms with Crippen LogP contribution in [-0.4, -0.2) is 107 Å². The van der Waals surface area contributed by atoms with E-state index in [9.17, 15) is 19.2 Å². The molecule has 1 unspecified atom stereocenters. The molecule has 16 heteroatoms. The molecule has 2 fully saturated rings. The number of aryl methyl sites for hydroxylation is 2. The number of hydrogen-bond donors (Lipinski definition) is 4. The highest BCUT2D eigenvalue weighted by Crippen LogP contribution is 2.43. The maximum absolute atomic E-state index is 12.8. The molecule has 2 aliphatic heterocycles. The van der Waals surface area contributed by atoms with E-state index >= 15 is 0 Å². The second-order valence-electron chi connectivity index (χ2n) is 16.6. The number of aromatic amines is 2. The summed E-state index contributed by atoms with van der Waals surface area (Å²) in [6.07, 6.45) is 12.1. The molecule has 0 radical (unpaired) electrons. The summed E-state index contributed by atoms with van der Waals surface area (Å²) in [5.74, 6) is 0.511. The molecule has 2 aromatic heterocycles. The van der Waals surface area contributed by atoms with Crippen molar-refractivity contribution in [3.8, 4) is 35.2 Å². The van der Waals surface area contributed by atoms with Gasteiger partial charge in [-0.15, -0.1) is 12.8 Å². The van der Waals surface area contributed by atoms with Crippen LogP contribution in [0.3, 0.4) is 0 Å². The zero-order valence-corrected chi connectivity index (χ0v) is 39.7. The van der Waals surface area contributed by atoms with Gasteiger partial charge in [-0.25, -0.2) is 19.6 Å². The zero-order chi connectivity index (χ0) is 48.8. The highest BCUT2D eigenvalue weighted by atomic mass is 16.7. The van der Waals surface area contributed by atoms with Gasteiger partial charge >= 0.3 is 12.2 Å². The Balaban J connectivity index is 0.000000360. The Labute approximate surface area is 397 Å². The smallest absolute Gasteiger partial charge is 0.407 e. The van der Waals surface area contributed by atoms with E-state index in [4.69, 9.17) is 19.4 Å². The fourth-order valence-corrected chi connectivity index (χ4v) is 8.64. The van der Waals surface area contributed by atoms with Crippen molar-refractivity contribution in [3.05, 3.63) is 107 Å². The van der Waals surface area contributed by atoms with E-state index < -0.39 is 18.0 Å². The molecule has 4 aromatic carbocycles. The van der Waals surface area contributed by atoms with Gasteiger partial charge in [0.2, 0.25) is 12.3 Å². The minimum Gasteiger partial charge on any atom is -0.453 e. The molecular weight excluding hydrogens is 865 g/mol. The number of ether oxygens (including phenoxy) is 4. The second kappa shape index (κ2) is 23.5. The number of methoxy groups -OCH3 is 2. The molecule has 3 aliphatic rings. The number of hydrogen-bond acceptors (Lipinski definition) is 10. The Morgan fingerprint density at radius 2 is 1.63 bits per heavy atom. The summed E-state index contributed by atoms with van der Waals surface area (Å²) in [5.41, 5.74) is 9.43. The molecule has 0 saturated carbocycles. The van der Waals surface area contributed by atoms with Gasteiger partial charge in [-0.2, -0.15) is 0 Å². The zero-order valence-electron chi connectivity index (χ0n) is 39.7. The number of alkyl carbamates (subject to hydrolysis) is 2. The summed E-state index contributed by atoms with van der Waals surface area (Å²) in [6, 6.07) is 26.6. The lowest BCUT2D eigenvalue weighted by Crippen LogP contribution is -2.40. The normalized spacial score (nSPS) is 15.5. The van der Waals surface area contributed by atoms with Crippen LogP contribution in [0.5, 0.6) is 0 Å². The van der Waals surface area contributed by atoms with Gasteiger partial charge in [0.05, 0.1) is 69.3 Å². The summed E-state index contributed by atoms with van der Waals surface area (Å²) >= 11 is 0. The number of amides is 4. The Hall–Kier alpha value is -7.22. The maximum Gasteiger partial charge on any atom is 0.407 e. The molecule has 1 aliphatic carbocycles.